The molecule has 0 aromatic heterocycles. The summed E-state index contributed by atoms with van der Waals surface area (Å²) in [4.78, 5) is 0. The molecule has 1 fully saturated rings. The summed E-state index contributed by atoms with van der Waals surface area (Å²) in [7, 11) is 1.82. The Balaban J connectivity index is 2.02. The molecule has 1 unspecified atom stereocenters. The van der Waals surface area contributed by atoms with E-state index in [1.807, 2.05) is 7.11 Å². The van der Waals surface area contributed by atoms with Crippen molar-refractivity contribution in [3.05, 3.63) is 12.2 Å². The van der Waals surface area contributed by atoms with Gasteiger partial charge in [-0.15, -0.1) is 0 Å². The molecule has 0 aliphatic heterocycles. The largest absolute Gasteiger partial charge is 0.381 e. The highest BCUT2D eigenvalue weighted by Gasteiger charge is 2.38. The van der Waals surface area contributed by atoms with Gasteiger partial charge >= 0.3 is 0 Å². The topological polar surface area (TPSA) is 9.23 Å². The molecule has 0 saturated heterocycles. The number of allylic oxidation sites excluding steroid dienone is 2. The van der Waals surface area contributed by atoms with E-state index in [4.69, 9.17) is 4.74 Å². The highest BCUT2D eigenvalue weighted by molar-refractivity contribution is 5.10. The van der Waals surface area contributed by atoms with E-state index in [1.54, 1.807) is 0 Å². The SMILES string of the molecule is COC(C)[C@H]1C[C@H]2C=C[C@@H]1C2. The van der Waals surface area contributed by atoms with Gasteiger partial charge in [-0.2, -0.15) is 0 Å². The van der Waals surface area contributed by atoms with E-state index in [9.17, 15) is 0 Å². The molecule has 62 valence electrons. The molecule has 0 radical (unpaired) electrons. The molecule has 0 aromatic carbocycles. The summed E-state index contributed by atoms with van der Waals surface area (Å²) in [5.41, 5.74) is 0. The Morgan fingerprint density at radius 2 is 2.18 bits per heavy atom. The van der Waals surface area contributed by atoms with Crippen molar-refractivity contribution >= 4 is 0 Å². The van der Waals surface area contributed by atoms with Gasteiger partial charge in [-0.3, -0.25) is 0 Å². The maximum absolute atomic E-state index is 5.35. The number of rotatable bonds is 2. The first-order valence-electron chi connectivity index (χ1n) is 4.52. The monoisotopic (exact) mass is 152 g/mol. The van der Waals surface area contributed by atoms with E-state index in [2.05, 4.69) is 19.1 Å². The van der Waals surface area contributed by atoms with Crippen molar-refractivity contribution in [2.24, 2.45) is 17.8 Å². The van der Waals surface area contributed by atoms with Crippen LogP contribution in [-0.4, -0.2) is 13.2 Å². The number of methoxy groups -OCH3 is 1. The van der Waals surface area contributed by atoms with E-state index < -0.39 is 0 Å². The summed E-state index contributed by atoms with van der Waals surface area (Å²) in [6.07, 6.45) is 7.96. The molecule has 0 amide bonds. The summed E-state index contributed by atoms with van der Waals surface area (Å²) in [6.45, 7) is 2.19. The lowest BCUT2D eigenvalue weighted by Gasteiger charge is -2.23. The Morgan fingerprint density at radius 3 is 2.64 bits per heavy atom. The lowest BCUT2D eigenvalue weighted by molar-refractivity contribution is 0.0564. The van der Waals surface area contributed by atoms with E-state index in [1.165, 1.54) is 12.8 Å². The Labute approximate surface area is 68.4 Å². The zero-order valence-electron chi connectivity index (χ0n) is 7.29. The van der Waals surface area contributed by atoms with Gasteiger partial charge in [0.2, 0.25) is 0 Å². The Hall–Kier alpha value is -0.300. The van der Waals surface area contributed by atoms with Crippen molar-refractivity contribution in [1.82, 2.24) is 0 Å². The minimum absolute atomic E-state index is 0.454. The second-order valence-electron chi connectivity index (χ2n) is 3.88. The van der Waals surface area contributed by atoms with Gasteiger partial charge in [0.25, 0.3) is 0 Å². The molecule has 1 heteroatoms. The first-order valence-corrected chi connectivity index (χ1v) is 4.52. The minimum Gasteiger partial charge on any atom is -0.381 e. The first-order chi connectivity index (χ1) is 5.31. The van der Waals surface area contributed by atoms with Gasteiger partial charge in [-0.05, 0) is 37.5 Å². The average Bonchev–Trinajstić information content (AvgIpc) is 2.62. The van der Waals surface area contributed by atoms with Gasteiger partial charge in [0.15, 0.2) is 0 Å². The highest BCUT2D eigenvalue weighted by Crippen LogP contribution is 2.45. The van der Waals surface area contributed by atoms with Crippen LogP contribution < -0.4 is 0 Å². The third-order valence-electron chi connectivity index (χ3n) is 3.30. The third-order valence-corrected chi connectivity index (χ3v) is 3.30. The summed E-state index contributed by atoms with van der Waals surface area (Å²) in [5, 5.41) is 0. The number of ether oxygens (including phenoxy) is 1. The fraction of sp³-hybridized carbons (Fsp3) is 0.800. The van der Waals surface area contributed by atoms with E-state index >= 15 is 0 Å². The van der Waals surface area contributed by atoms with Crippen LogP contribution in [0.3, 0.4) is 0 Å². The van der Waals surface area contributed by atoms with Crippen LogP contribution in [0.15, 0.2) is 12.2 Å². The van der Waals surface area contributed by atoms with E-state index in [-0.39, 0.29) is 0 Å². The standard InChI is InChI=1S/C10H16O/c1-7(11-2)10-6-8-3-4-9(10)5-8/h3-4,7-10H,5-6H2,1-2H3/t7?,8-,9+,10+/m0/s1. The Bertz CT molecular complexity index is 174. The quantitative estimate of drug-likeness (QED) is 0.551. The second-order valence-corrected chi connectivity index (χ2v) is 3.88. The molecule has 0 spiro atoms. The molecule has 2 rings (SSSR count). The third kappa shape index (κ3) is 1.12. The Kier molecular flexibility index (Phi) is 1.76. The Morgan fingerprint density at radius 1 is 1.36 bits per heavy atom. The second kappa shape index (κ2) is 2.63. The zero-order chi connectivity index (χ0) is 7.84. The van der Waals surface area contributed by atoms with Gasteiger partial charge in [-0.25, -0.2) is 0 Å². The highest BCUT2D eigenvalue weighted by atomic mass is 16.5. The predicted molar refractivity (Wildman–Crippen MR) is 45.3 cm³/mol. The molecule has 4 atom stereocenters. The van der Waals surface area contributed by atoms with Crippen molar-refractivity contribution in [2.75, 3.05) is 7.11 Å². The zero-order valence-corrected chi connectivity index (χ0v) is 7.29. The predicted octanol–water partition coefficient (Wildman–Crippen LogP) is 2.23. The fourth-order valence-electron chi connectivity index (χ4n) is 2.54. The molecule has 11 heavy (non-hydrogen) atoms. The molecule has 1 nitrogen and oxygen atoms in total. The van der Waals surface area contributed by atoms with Crippen LogP contribution in [0.5, 0.6) is 0 Å². The molecule has 0 N–H and O–H groups in total. The molecule has 0 heterocycles. The summed E-state index contributed by atoms with van der Waals surface area (Å²) in [5.74, 6) is 2.51. The first kappa shape index (κ1) is 7.35. The van der Waals surface area contributed by atoms with Gasteiger partial charge in [0.05, 0.1) is 6.10 Å². The maximum atomic E-state index is 5.35. The normalized spacial score (nSPS) is 43.3. The number of fused-ring (bicyclic) bond motifs is 2. The lowest BCUT2D eigenvalue weighted by atomic mass is 9.89. The van der Waals surface area contributed by atoms with Crippen LogP contribution in [0.25, 0.3) is 0 Å². The summed E-state index contributed by atoms with van der Waals surface area (Å²) < 4.78 is 5.35. The number of hydrogen-bond donors (Lipinski definition) is 0. The molecule has 0 aromatic rings. The van der Waals surface area contributed by atoms with E-state index in [0.29, 0.717) is 6.10 Å². The van der Waals surface area contributed by atoms with Gasteiger partial charge in [0.1, 0.15) is 0 Å². The van der Waals surface area contributed by atoms with Crippen molar-refractivity contribution in [3.63, 3.8) is 0 Å². The molecule has 2 bridgehead atoms. The van der Waals surface area contributed by atoms with Crippen molar-refractivity contribution in [3.8, 4) is 0 Å². The molecular formula is C10H16O. The molecule has 2 aliphatic rings. The smallest absolute Gasteiger partial charge is 0.0577 e. The van der Waals surface area contributed by atoms with Crippen molar-refractivity contribution in [2.45, 2.75) is 25.9 Å². The average molecular weight is 152 g/mol. The maximum Gasteiger partial charge on any atom is 0.0577 e. The van der Waals surface area contributed by atoms with Crippen LogP contribution in [0.1, 0.15) is 19.8 Å². The van der Waals surface area contributed by atoms with Crippen LogP contribution in [0.2, 0.25) is 0 Å². The van der Waals surface area contributed by atoms with Crippen molar-refractivity contribution in [1.29, 1.82) is 0 Å². The van der Waals surface area contributed by atoms with Gasteiger partial charge in [0, 0.05) is 7.11 Å². The lowest BCUT2D eigenvalue weighted by Crippen LogP contribution is -2.22. The molecular weight excluding hydrogens is 136 g/mol. The minimum atomic E-state index is 0.454. The van der Waals surface area contributed by atoms with Crippen LogP contribution in [-0.2, 0) is 4.74 Å². The van der Waals surface area contributed by atoms with E-state index in [0.717, 1.165) is 17.8 Å². The van der Waals surface area contributed by atoms with Gasteiger partial charge in [-0.1, -0.05) is 12.2 Å². The van der Waals surface area contributed by atoms with Crippen LogP contribution >= 0.6 is 0 Å². The van der Waals surface area contributed by atoms with Gasteiger partial charge < -0.3 is 4.74 Å². The van der Waals surface area contributed by atoms with Crippen LogP contribution in [0.4, 0.5) is 0 Å². The van der Waals surface area contributed by atoms with Crippen molar-refractivity contribution < 1.29 is 4.74 Å². The summed E-state index contributed by atoms with van der Waals surface area (Å²) in [6, 6.07) is 0. The fourth-order valence-corrected chi connectivity index (χ4v) is 2.54. The molecule has 2 aliphatic carbocycles. The summed E-state index contributed by atoms with van der Waals surface area (Å²) >= 11 is 0. The molecule has 1 saturated carbocycles. The van der Waals surface area contributed by atoms with Crippen LogP contribution in [0, 0.1) is 17.8 Å². The number of hydrogen-bond acceptors (Lipinski definition) is 1.